The van der Waals surface area contributed by atoms with E-state index in [9.17, 15) is 9.59 Å². The van der Waals surface area contributed by atoms with Crippen LogP contribution >= 0.6 is 0 Å². The normalized spacial score (nSPS) is 13.9. The molecule has 1 aliphatic heterocycles. The van der Waals surface area contributed by atoms with E-state index in [1.165, 1.54) is 29.5 Å². The minimum Gasteiger partial charge on any atom is -0.322 e. The molecule has 5 rings (SSSR count). The number of anilines is 1. The monoisotopic (exact) mass is 492 g/mol. The van der Waals surface area contributed by atoms with Gasteiger partial charge in [0, 0.05) is 29.9 Å². The lowest BCUT2D eigenvalue weighted by Crippen LogP contribution is -2.32. The van der Waals surface area contributed by atoms with Gasteiger partial charge in [-0.1, -0.05) is 79.2 Å². The molecule has 0 bridgehead atoms. The fourth-order valence-corrected chi connectivity index (χ4v) is 4.94. The van der Waals surface area contributed by atoms with Crippen LogP contribution in [-0.4, -0.2) is 33.7 Å². The Morgan fingerprint density at radius 1 is 0.838 bits per heavy atom. The van der Waals surface area contributed by atoms with Crippen molar-refractivity contribution in [2.45, 2.75) is 39.3 Å². The van der Waals surface area contributed by atoms with Crippen molar-refractivity contribution in [2.75, 3.05) is 18.4 Å². The maximum Gasteiger partial charge on any atom is 0.280 e. The smallest absolute Gasteiger partial charge is 0.280 e. The topological polar surface area (TPSA) is 67.2 Å². The molecule has 1 aromatic heterocycles. The van der Waals surface area contributed by atoms with Crippen molar-refractivity contribution >= 4 is 11.6 Å². The molecule has 0 aliphatic carbocycles. The Labute approximate surface area is 217 Å². The van der Waals surface area contributed by atoms with Gasteiger partial charge >= 0.3 is 0 Å². The van der Waals surface area contributed by atoms with Gasteiger partial charge in [0.1, 0.15) is 5.56 Å². The first-order chi connectivity index (χ1) is 18.1. The number of hydrogen-bond donors (Lipinski definition) is 1. The Bertz CT molecular complexity index is 1410. The molecule has 37 heavy (non-hydrogen) atoms. The highest BCUT2D eigenvalue weighted by atomic mass is 16.2. The number of aryl methyl sites for hydroxylation is 1. The number of hydrogen-bond acceptors (Lipinski definition) is 4. The number of nitrogens with one attached hydrogen (secondary N) is 1. The van der Waals surface area contributed by atoms with Crippen molar-refractivity contribution in [3.8, 4) is 22.4 Å². The minimum atomic E-state index is -0.436. The van der Waals surface area contributed by atoms with Crippen LogP contribution in [-0.2, 0) is 13.1 Å². The first-order valence-electron chi connectivity index (χ1n) is 13.0. The van der Waals surface area contributed by atoms with Crippen molar-refractivity contribution in [3.05, 3.63) is 106 Å². The van der Waals surface area contributed by atoms with Gasteiger partial charge in [0.2, 0.25) is 0 Å². The maximum atomic E-state index is 13.7. The average Bonchev–Trinajstić information content (AvgIpc) is 2.95. The second kappa shape index (κ2) is 11.4. The molecule has 6 nitrogen and oxygen atoms in total. The Kier molecular flexibility index (Phi) is 7.57. The molecule has 188 valence electrons. The number of amides is 1. The summed E-state index contributed by atoms with van der Waals surface area (Å²) in [7, 11) is 0. The van der Waals surface area contributed by atoms with Crippen molar-refractivity contribution < 1.29 is 4.79 Å². The van der Waals surface area contributed by atoms with Gasteiger partial charge in [-0.15, -0.1) is 0 Å². The van der Waals surface area contributed by atoms with Gasteiger partial charge in [0.25, 0.3) is 11.5 Å². The summed E-state index contributed by atoms with van der Waals surface area (Å²) in [5.74, 6) is -0.436. The average molecular weight is 493 g/mol. The van der Waals surface area contributed by atoms with E-state index in [0.29, 0.717) is 23.5 Å². The van der Waals surface area contributed by atoms with Gasteiger partial charge in [-0.2, -0.15) is 5.10 Å². The summed E-state index contributed by atoms with van der Waals surface area (Å²) < 4.78 is 1.37. The molecule has 1 saturated heterocycles. The lowest BCUT2D eigenvalue weighted by Gasteiger charge is -2.26. The lowest BCUT2D eigenvalue weighted by atomic mass is 9.95. The van der Waals surface area contributed by atoms with Crippen LogP contribution in [0.5, 0.6) is 0 Å². The maximum absolute atomic E-state index is 13.7. The highest BCUT2D eigenvalue weighted by Crippen LogP contribution is 2.32. The molecule has 1 aliphatic rings. The van der Waals surface area contributed by atoms with Gasteiger partial charge in [0.05, 0.1) is 5.69 Å². The predicted octanol–water partition coefficient (Wildman–Crippen LogP) is 5.84. The molecule has 0 unspecified atom stereocenters. The summed E-state index contributed by atoms with van der Waals surface area (Å²) in [4.78, 5) is 29.7. The largest absolute Gasteiger partial charge is 0.322 e. The molecule has 0 atom stereocenters. The number of nitrogens with zero attached hydrogens (tertiary/aromatic N) is 3. The predicted molar refractivity (Wildman–Crippen MR) is 149 cm³/mol. The molecule has 0 spiro atoms. The molecular formula is C31H32N4O2. The molecular weight excluding hydrogens is 460 g/mol. The van der Waals surface area contributed by atoms with Gasteiger partial charge in [-0.3, -0.25) is 14.5 Å². The van der Waals surface area contributed by atoms with E-state index in [4.69, 9.17) is 0 Å². The van der Waals surface area contributed by atoms with E-state index >= 15 is 0 Å². The van der Waals surface area contributed by atoms with Crippen molar-refractivity contribution in [1.82, 2.24) is 14.7 Å². The standard InChI is InChI=1S/C31H32N4O2/c1-2-35-31(37)28(27(24-12-6-3-7-13-24)29(33-35)25-14-8-4-9-15-25)30(36)32-26-18-16-23(17-19-26)22-34-20-10-5-11-21-34/h3-4,6-9,12-19H,2,5,10-11,20-22H2,1H3,(H,32,36). The third-order valence-electron chi connectivity index (χ3n) is 6.86. The van der Waals surface area contributed by atoms with E-state index < -0.39 is 11.5 Å². The van der Waals surface area contributed by atoms with Gasteiger partial charge in [0.15, 0.2) is 0 Å². The summed E-state index contributed by atoms with van der Waals surface area (Å²) in [5, 5.41) is 7.65. The molecule has 1 amide bonds. The molecule has 1 fully saturated rings. The molecule has 0 radical (unpaired) electrons. The quantitative estimate of drug-likeness (QED) is 0.352. The van der Waals surface area contributed by atoms with Crippen LogP contribution in [0.1, 0.15) is 42.1 Å². The van der Waals surface area contributed by atoms with Crippen LogP contribution < -0.4 is 10.9 Å². The minimum absolute atomic E-state index is 0.0966. The first kappa shape index (κ1) is 24.7. The summed E-state index contributed by atoms with van der Waals surface area (Å²) in [5.41, 5.74) is 4.34. The fraction of sp³-hybridized carbons (Fsp3) is 0.258. The lowest BCUT2D eigenvalue weighted by molar-refractivity contribution is 0.102. The SMILES string of the molecule is CCn1nc(-c2ccccc2)c(-c2ccccc2)c(C(=O)Nc2ccc(CN3CCCCC3)cc2)c1=O. The van der Waals surface area contributed by atoms with E-state index in [0.717, 1.165) is 30.8 Å². The van der Waals surface area contributed by atoms with E-state index in [1.54, 1.807) is 0 Å². The molecule has 2 heterocycles. The summed E-state index contributed by atoms with van der Waals surface area (Å²) in [6.45, 7) is 5.40. The van der Waals surface area contributed by atoms with Gasteiger partial charge in [-0.05, 0) is 56.1 Å². The number of rotatable bonds is 7. The molecule has 0 saturated carbocycles. The second-order valence-electron chi connectivity index (χ2n) is 9.44. The van der Waals surface area contributed by atoms with Crippen molar-refractivity contribution in [2.24, 2.45) is 0 Å². The third kappa shape index (κ3) is 5.54. The summed E-state index contributed by atoms with van der Waals surface area (Å²) >= 11 is 0. The van der Waals surface area contributed by atoms with Crippen molar-refractivity contribution in [1.29, 1.82) is 0 Å². The first-order valence-corrected chi connectivity index (χ1v) is 13.0. The summed E-state index contributed by atoms with van der Waals surface area (Å²) in [6, 6.07) is 27.1. The highest BCUT2D eigenvalue weighted by Gasteiger charge is 2.25. The van der Waals surface area contributed by atoms with E-state index in [2.05, 4.69) is 27.4 Å². The number of benzene rings is 3. The van der Waals surface area contributed by atoms with Gasteiger partial charge in [-0.25, -0.2) is 4.68 Å². The van der Waals surface area contributed by atoms with E-state index in [1.807, 2.05) is 79.7 Å². The molecule has 1 N–H and O–H groups in total. The highest BCUT2D eigenvalue weighted by molar-refractivity contribution is 6.10. The van der Waals surface area contributed by atoms with Crippen LogP contribution in [0.2, 0.25) is 0 Å². The van der Waals surface area contributed by atoms with Crippen molar-refractivity contribution in [3.63, 3.8) is 0 Å². The fourth-order valence-electron chi connectivity index (χ4n) is 4.94. The number of carbonyl (C=O) groups is 1. The van der Waals surface area contributed by atoms with Crippen LogP contribution in [0, 0.1) is 0 Å². The van der Waals surface area contributed by atoms with Crippen LogP contribution in [0.3, 0.4) is 0 Å². The van der Waals surface area contributed by atoms with Crippen LogP contribution in [0.15, 0.2) is 89.7 Å². The number of piperidine rings is 1. The second-order valence-corrected chi connectivity index (χ2v) is 9.44. The summed E-state index contributed by atoms with van der Waals surface area (Å²) in [6.07, 6.45) is 3.82. The number of likely N-dealkylation sites (tertiary alicyclic amines) is 1. The molecule has 6 heteroatoms. The number of aromatic nitrogens is 2. The number of carbonyl (C=O) groups excluding carboxylic acids is 1. The van der Waals surface area contributed by atoms with Gasteiger partial charge < -0.3 is 5.32 Å². The Hall–Kier alpha value is -4.03. The van der Waals surface area contributed by atoms with E-state index in [-0.39, 0.29) is 5.56 Å². The molecule has 4 aromatic rings. The zero-order valence-electron chi connectivity index (χ0n) is 21.2. The molecule has 3 aromatic carbocycles. The Morgan fingerprint density at radius 2 is 1.46 bits per heavy atom. The zero-order chi connectivity index (χ0) is 25.6. The van der Waals surface area contributed by atoms with Crippen LogP contribution in [0.25, 0.3) is 22.4 Å². The third-order valence-corrected chi connectivity index (χ3v) is 6.86. The zero-order valence-corrected chi connectivity index (χ0v) is 21.2. The Balaban J connectivity index is 1.52. The van der Waals surface area contributed by atoms with Crippen LogP contribution in [0.4, 0.5) is 5.69 Å². The Morgan fingerprint density at radius 3 is 2.08 bits per heavy atom.